The van der Waals surface area contributed by atoms with Crippen LogP contribution >= 0.6 is 0 Å². The predicted octanol–water partition coefficient (Wildman–Crippen LogP) is 3.05. The number of rotatable bonds is 3. The van der Waals surface area contributed by atoms with E-state index in [1.54, 1.807) is 0 Å². The molecule has 1 aromatic rings. The molecular formula is C13H19N. The molecule has 76 valence electrons. The van der Waals surface area contributed by atoms with Crippen molar-refractivity contribution in [2.24, 2.45) is 11.7 Å². The second-order valence-electron chi connectivity index (χ2n) is 4.31. The Morgan fingerprint density at radius 1 is 1.29 bits per heavy atom. The Hall–Kier alpha value is -0.820. The summed E-state index contributed by atoms with van der Waals surface area (Å²) in [6.45, 7) is 2.18. The van der Waals surface area contributed by atoms with Crippen LogP contribution < -0.4 is 5.73 Å². The molecule has 0 aliphatic heterocycles. The summed E-state index contributed by atoms with van der Waals surface area (Å²) in [5.41, 5.74) is 8.90. The number of nitrogens with two attached hydrogens (primary N) is 1. The van der Waals surface area contributed by atoms with E-state index in [-0.39, 0.29) is 6.04 Å². The molecule has 14 heavy (non-hydrogen) atoms. The van der Waals surface area contributed by atoms with Gasteiger partial charge in [-0.2, -0.15) is 0 Å². The molecule has 0 heterocycles. The standard InChI is InChI=1S/C13H19N/c1-2-10-6-8-12(9-7-10)13(14)11-4-3-5-11/h6-9,11,13H,2-5,14H2,1H3/t13-/m1/s1. The summed E-state index contributed by atoms with van der Waals surface area (Å²) in [5.74, 6) is 0.738. The molecule has 0 saturated heterocycles. The van der Waals surface area contributed by atoms with E-state index >= 15 is 0 Å². The van der Waals surface area contributed by atoms with Gasteiger partial charge in [0.1, 0.15) is 0 Å². The van der Waals surface area contributed by atoms with Crippen LogP contribution in [0.2, 0.25) is 0 Å². The van der Waals surface area contributed by atoms with Gasteiger partial charge in [0.15, 0.2) is 0 Å². The highest BCUT2D eigenvalue weighted by Gasteiger charge is 2.25. The van der Waals surface area contributed by atoms with Gasteiger partial charge < -0.3 is 5.73 Å². The van der Waals surface area contributed by atoms with Crippen LogP contribution in [0.5, 0.6) is 0 Å². The minimum atomic E-state index is 0.273. The van der Waals surface area contributed by atoms with E-state index in [0.717, 1.165) is 12.3 Å². The lowest BCUT2D eigenvalue weighted by Crippen LogP contribution is -2.26. The highest BCUT2D eigenvalue weighted by atomic mass is 14.7. The Morgan fingerprint density at radius 2 is 1.93 bits per heavy atom. The maximum Gasteiger partial charge on any atom is 0.0323 e. The van der Waals surface area contributed by atoms with Crippen LogP contribution in [-0.2, 0) is 6.42 Å². The molecule has 1 nitrogen and oxygen atoms in total. The third-order valence-corrected chi connectivity index (χ3v) is 3.43. The molecule has 0 aromatic heterocycles. The van der Waals surface area contributed by atoms with Gasteiger partial charge in [0, 0.05) is 6.04 Å². The largest absolute Gasteiger partial charge is 0.324 e. The third kappa shape index (κ3) is 1.83. The quantitative estimate of drug-likeness (QED) is 0.777. The summed E-state index contributed by atoms with van der Waals surface area (Å²) >= 11 is 0. The minimum Gasteiger partial charge on any atom is -0.324 e. The molecule has 1 saturated carbocycles. The lowest BCUT2D eigenvalue weighted by Gasteiger charge is -2.31. The fraction of sp³-hybridized carbons (Fsp3) is 0.538. The van der Waals surface area contributed by atoms with Gasteiger partial charge >= 0.3 is 0 Å². The van der Waals surface area contributed by atoms with E-state index in [2.05, 4.69) is 31.2 Å². The average Bonchev–Trinajstić information content (AvgIpc) is 2.15. The lowest BCUT2D eigenvalue weighted by atomic mass is 9.77. The van der Waals surface area contributed by atoms with Gasteiger partial charge in [-0.25, -0.2) is 0 Å². The van der Waals surface area contributed by atoms with Crippen LogP contribution in [0.15, 0.2) is 24.3 Å². The van der Waals surface area contributed by atoms with Gasteiger partial charge in [-0.05, 0) is 36.3 Å². The van der Waals surface area contributed by atoms with Crippen LogP contribution in [0.1, 0.15) is 43.4 Å². The Balaban J connectivity index is 2.07. The smallest absolute Gasteiger partial charge is 0.0323 e. The van der Waals surface area contributed by atoms with Crippen molar-refractivity contribution in [2.75, 3.05) is 0 Å². The first-order chi connectivity index (χ1) is 6.81. The topological polar surface area (TPSA) is 26.0 Å². The number of aryl methyl sites for hydroxylation is 1. The molecule has 0 bridgehead atoms. The highest BCUT2D eigenvalue weighted by molar-refractivity contribution is 5.25. The first-order valence-electron chi connectivity index (χ1n) is 5.65. The molecule has 2 N–H and O–H groups in total. The van der Waals surface area contributed by atoms with E-state index in [9.17, 15) is 0 Å². The summed E-state index contributed by atoms with van der Waals surface area (Å²) < 4.78 is 0. The molecule has 1 aliphatic rings. The van der Waals surface area contributed by atoms with Crippen LogP contribution in [0.4, 0.5) is 0 Å². The van der Waals surface area contributed by atoms with Crippen molar-refractivity contribution in [3.8, 4) is 0 Å². The van der Waals surface area contributed by atoms with Crippen LogP contribution in [0, 0.1) is 5.92 Å². The van der Waals surface area contributed by atoms with Crippen molar-refractivity contribution in [3.63, 3.8) is 0 Å². The van der Waals surface area contributed by atoms with Crippen molar-refractivity contribution < 1.29 is 0 Å². The number of benzene rings is 1. The Kier molecular flexibility index (Phi) is 2.87. The van der Waals surface area contributed by atoms with Gasteiger partial charge in [0.05, 0.1) is 0 Å². The zero-order valence-electron chi connectivity index (χ0n) is 8.87. The fourth-order valence-electron chi connectivity index (χ4n) is 2.05. The Labute approximate surface area is 86.3 Å². The summed E-state index contributed by atoms with van der Waals surface area (Å²) in [4.78, 5) is 0. The minimum absolute atomic E-state index is 0.273. The molecule has 0 spiro atoms. The number of hydrogen-bond donors (Lipinski definition) is 1. The molecule has 0 amide bonds. The van der Waals surface area contributed by atoms with Crippen molar-refractivity contribution in [1.82, 2.24) is 0 Å². The summed E-state index contributed by atoms with van der Waals surface area (Å²) in [7, 11) is 0. The zero-order chi connectivity index (χ0) is 9.97. The van der Waals surface area contributed by atoms with E-state index in [1.807, 2.05) is 0 Å². The second-order valence-corrected chi connectivity index (χ2v) is 4.31. The molecule has 0 radical (unpaired) electrons. The zero-order valence-corrected chi connectivity index (χ0v) is 8.87. The average molecular weight is 189 g/mol. The maximum absolute atomic E-state index is 6.19. The monoisotopic (exact) mass is 189 g/mol. The fourth-order valence-corrected chi connectivity index (χ4v) is 2.05. The summed E-state index contributed by atoms with van der Waals surface area (Å²) in [5, 5.41) is 0. The SMILES string of the molecule is CCc1ccc([C@H](N)C2CCC2)cc1. The van der Waals surface area contributed by atoms with E-state index < -0.39 is 0 Å². The Morgan fingerprint density at radius 3 is 2.36 bits per heavy atom. The molecule has 1 heteroatoms. The first kappa shape index (κ1) is 9.72. The molecule has 1 aliphatic carbocycles. The molecule has 0 unspecified atom stereocenters. The van der Waals surface area contributed by atoms with Crippen LogP contribution in [-0.4, -0.2) is 0 Å². The molecule has 2 rings (SSSR count). The van der Waals surface area contributed by atoms with Gasteiger partial charge in [-0.1, -0.05) is 37.6 Å². The van der Waals surface area contributed by atoms with Crippen LogP contribution in [0.3, 0.4) is 0 Å². The second kappa shape index (κ2) is 4.14. The maximum atomic E-state index is 6.19. The molecule has 1 fully saturated rings. The van der Waals surface area contributed by atoms with E-state index in [1.165, 1.54) is 30.4 Å². The molecule has 1 atom stereocenters. The van der Waals surface area contributed by atoms with Crippen molar-refractivity contribution >= 4 is 0 Å². The van der Waals surface area contributed by atoms with Crippen LogP contribution in [0.25, 0.3) is 0 Å². The van der Waals surface area contributed by atoms with E-state index in [0.29, 0.717) is 0 Å². The predicted molar refractivity (Wildman–Crippen MR) is 60.1 cm³/mol. The highest BCUT2D eigenvalue weighted by Crippen LogP contribution is 2.36. The summed E-state index contributed by atoms with van der Waals surface area (Å²) in [6, 6.07) is 9.07. The van der Waals surface area contributed by atoms with Gasteiger partial charge in [0.25, 0.3) is 0 Å². The molecular weight excluding hydrogens is 170 g/mol. The molecule has 1 aromatic carbocycles. The first-order valence-corrected chi connectivity index (χ1v) is 5.65. The van der Waals surface area contributed by atoms with Crippen molar-refractivity contribution in [3.05, 3.63) is 35.4 Å². The van der Waals surface area contributed by atoms with Gasteiger partial charge in [0.2, 0.25) is 0 Å². The Bertz CT molecular complexity index is 285. The van der Waals surface area contributed by atoms with Gasteiger partial charge in [-0.3, -0.25) is 0 Å². The third-order valence-electron chi connectivity index (χ3n) is 3.43. The van der Waals surface area contributed by atoms with E-state index in [4.69, 9.17) is 5.73 Å². The van der Waals surface area contributed by atoms with Crippen molar-refractivity contribution in [2.45, 2.75) is 38.6 Å². The van der Waals surface area contributed by atoms with Gasteiger partial charge in [-0.15, -0.1) is 0 Å². The summed E-state index contributed by atoms with van der Waals surface area (Å²) in [6.07, 6.45) is 5.11. The lowest BCUT2D eigenvalue weighted by molar-refractivity contribution is 0.264. The number of hydrogen-bond acceptors (Lipinski definition) is 1. The van der Waals surface area contributed by atoms with Crippen molar-refractivity contribution in [1.29, 1.82) is 0 Å². The normalized spacial score (nSPS) is 19.0.